The lowest BCUT2D eigenvalue weighted by molar-refractivity contribution is -0.117. The Bertz CT molecular complexity index is 931. The molecule has 1 saturated heterocycles. The van der Waals surface area contributed by atoms with E-state index in [4.69, 9.17) is 0 Å². The molecule has 0 spiro atoms. The number of hydrogen-bond acceptors (Lipinski definition) is 4. The van der Waals surface area contributed by atoms with Gasteiger partial charge >= 0.3 is 0 Å². The van der Waals surface area contributed by atoms with Crippen molar-refractivity contribution < 1.29 is 17.6 Å². The van der Waals surface area contributed by atoms with Crippen LogP contribution in [0.1, 0.15) is 0 Å². The first kappa shape index (κ1) is 19.9. The van der Waals surface area contributed by atoms with Gasteiger partial charge in [-0.25, -0.2) is 12.8 Å². The summed E-state index contributed by atoms with van der Waals surface area (Å²) in [5, 5.41) is 2.81. The zero-order valence-corrected chi connectivity index (χ0v) is 16.8. The number of halogens is 2. The van der Waals surface area contributed by atoms with Crippen LogP contribution in [0.3, 0.4) is 0 Å². The monoisotopic (exact) mass is 455 g/mol. The summed E-state index contributed by atoms with van der Waals surface area (Å²) in [6.45, 7) is 1.39. The maximum Gasteiger partial charge on any atom is 0.246 e. The van der Waals surface area contributed by atoms with Crippen molar-refractivity contribution in [2.75, 3.05) is 38.0 Å². The fourth-order valence-corrected chi connectivity index (χ4v) is 4.78. The Morgan fingerprint density at radius 3 is 2.44 bits per heavy atom. The van der Waals surface area contributed by atoms with Crippen molar-refractivity contribution in [3.05, 3.63) is 58.8 Å². The number of nitrogens with zero attached hydrogens (tertiary/aromatic N) is 2. The number of benzene rings is 2. The van der Waals surface area contributed by atoms with Crippen molar-refractivity contribution in [2.45, 2.75) is 4.90 Å². The van der Waals surface area contributed by atoms with Crippen molar-refractivity contribution in [3.8, 4) is 0 Å². The van der Waals surface area contributed by atoms with Crippen LogP contribution in [0.5, 0.6) is 0 Å². The fourth-order valence-electron chi connectivity index (χ4n) is 2.89. The number of sulfonamides is 1. The molecule has 1 heterocycles. The van der Waals surface area contributed by atoms with Gasteiger partial charge in [-0.1, -0.05) is 34.1 Å². The zero-order valence-electron chi connectivity index (χ0n) is 14.4. The Balaban J connectivity index is 1.56. The molecule has 2 aromatic carbocycles. The van der Waals surface area contributed by atoms with Gasteiger partial charge < -0.3 is 5.32 Å². The lowest BCUT2D eigenvalue weighted by atomic mass is 10.3. The van der Waals surface area contributed by atoms with Crippen LogP contribution in [-0.4, -0.2) is 56.3 Å². The minimum absolute atomic E-state index is 0.167. The molecular formula is C18H19BrFN3O3S. The second kappa shape index (κ2) is 8.47. The molecule has 0 saturated carbocycles. The van der Waals surface area contributed by atoms with Gasteiger partial charge in [-0.05, 0) is 30.3 Å². The third-order valence-corrected chi connectivity index (χ3v) is 6.69. The van der Waals surface area contributed by atoms with Gasteiger partial charge in [0, 0.05) is 36.3 Å². The van der Waals surface area contributed by atoms with Gasteiger partial charge in [-0.2, -0.15) is 4.31 Å². The second-order valence-electron chi connectivity index (χ2n) is 6.17. The first-order valence-corrected chi connectivity index (χ1v) is 10.6. The average molecular weight is 456 g/mol. The van der Waals surface area contributed by atoms with Crippen LogP contribution in [0.2, 0.25) is 0 Å². The van der Waals surface area contributed by atoms with E-state index in [2.05, 4.69) is 21.2 Å². The summed E-state index contributed by atoms with van der Waals surface area (Å²) in [5.41, 5.74) is 0.690. The SMILES string of the molecule is O=C(CN1CCN(S(=O)(=O)c2ccccc2F)CC1)Nc1cccc(Br)c1. The van der Waals surface area contributed by atoms with E-state index in [9.17, 15) is 17.6 Å². The third kappa shape index (κ3) is 4.92. The second-order valence-corrected chi connectivity index (χ2v) is 8.99. The summed E-state index contributed by atoms with van der Waals surface area (Å²) in [5.74, 6) is -0.924. The van der Waals surface area contributed by atoms with Gasteiger partial charge in [0.1, 0.15) is 10.7 Å². The number of piperazine rings is 1. The molecule has 9 heteroatoms. The van der Waals surface area contributed by atoms with E-state index in [0.717, 1.165) is 10.5 Å². The van der Waals surface area contributed by atoms with Crippen molar-refractivity contribution >= 4 is 37.5 Å². The van der Waals surface area contributed by atoms with Gasteiger partial charge in [0.2, 0.25) is 15.9 Å². The number of carbonyl (C=O) groups is 1. The Labute approximate surface area is 166 Å². The van der Waals surface area contributed by atoms with E-state index in [0.29, 0.717) is 18.8 Å². The fraction of sp³-hybridized carbons (Fsp3) is 0.278. The highest BCUT2D eigenvalue weighted by Gasteiger charge is 2.30. The molecule has 1 fully saturated rings. The number of amides is 1. The van der Waals surface area contributed by atoms with Crippen LogP contribution < -0.4 is 5.32 Å². The summed E-state index contributed by atoms with van der Waals surface area (Å²) >= 11 is 3.35. The molecule has 1 N–H and O–H groups in total. The highest BCUT2D eigenvalue weighted by molar-refractivity contribution is 9.10. The standard InChI is InChI=1S/C18H19BrFN3O3S/c19-14-4-3-5-15(12-14)21-18(24)13-22-8-10-23(11-9-22)27(25,26)17-7-2-1-6-16(17)20/h1-7,12H,8-11,13H2,(H,21,24). The predicted octanol–water partition coefficient (Wildman–Crippen LogP) is 2.53. The van der Waals surface area contributed by atoms with Crippen molar-refractivity contribution in [2.24, 2.45) is 0 Å². The largest absolute Gasteiger partial charge is 0.325 e. The van der Waals surface area contributed by atoms with Crippen LogP contribution in [0.4, 0.5) is 10.1 Å². The highest BCUT2D eigenvalue weighted by Crippen LogP contribution is 2.20. The quantitative estimate of drug-likeness (QED) is 0.751. The molecular weight excluding hydrogens is 437 g/mol. The molecule has 6 nitrogen and oxygen atoms in total. The van der Waals surface area contributed by atoms with Crippen LogP contribution in [0.25, 0.3) is 0 Å². The Hall–Kier alpha value is -1.81. The number of nitrogens with one attached hydrogen (secondary N) is 1. The number of carbonyl (C=O) groups excluding carboxylic acids is 1. The summed E-state index contributed by atoms with van der Waals surface area (Å²) in [4.78, 5) is 13.7. The van der Waals surface area contributed by atoms with E-state index in [1.165, 1.54) is 22.5 Å². The molecule has 0 radical (unpaired) electrons. The molecule has 0 aliphatic carbocycles. The molecule has 1 aliphatic rings. The molecule has 2 aromatic rings. The lowest BCUT2D eigenvalue weighted by Crippen LogP contribution is -2.50. The molecule has 1 amide bonds. The minimum Gasteiger partial charge on any atom is -0.325 e. The van der Waals surface area contributed by atoms with Gasteiger partial charge in [0.15, 0.2) is 0 Å². The smallest absolute Gasteiger partial charge is 0.246 e. The van der Waals surface area contributed by atoms with Gasteiger partial charge in [-0.3, -0.25) is 9.69 Å². The Morgan fingerprint density at radius 1 is 1.07 bits per heavy atom. The number of rotatable bonds is 5. The van der Waals surface area contributed by atoms with E-state index < -0.39 is 15.8 Å². The summed E-state index contributed by atoms with van der Waals surface area (Å²) in [7, 11) is -3.87. The lowest BCUT2D eigenvalue weighted by Gasteiger charge is -2.33. The molecule has 3 rings (SSSR count). The molecule has 0 atom stereocenters. The summed E-state index contributed by atoms with van der Waals surface area (Å²) in [6.07, 6.45) is 0. The van der Waals surface area contributed by atoms with Gasteiger partial charge in [-0.15, -0.1) is 0 Å². The first-order chi connectivity index (χ1) is 12.9. The molecule has 0 bridgehead atoms. The summed E-state index contributed by atoms with van der Waals surface area (Å²) in [6, 6.07) is 12.6. The molecule has 0 unspecified atom stereocenters. The van der Waals surface area contributed by atoms with E-state index in [1.54, 1.807) is 12.1 Å². The maximum absolute atomic E-state index is 13.9. The molecule has 27 heavy (non-hydrogen) atoms. The van der Waals surface area contributed by atoms with Crippen molar-refractivity contribution in [1.29, 1.82) is 0 Å². The van der Waals surface area contributed by atoms with Crippen molar-refractivity contribution in [3.63, 3.8) is 0 Å². The first-order valence-electron chi connectivity index (χ1n) is 8.39. The molecule has 1 aliphatic heterocycles. The molecule has 144 valence electrons. The predicted molar refractivity (Wildman–Crippen MR) is 104 cm³/mol. The van der Waals surface area contributed by atoms with E-state index in [1.807, 2.05) is 17.0 Å². The normalized spacial score (nSPS) is 16.2. The summed E-state index contributed by atoms with van der Waals surface area (Å²) < 4.78 is 41.2. The van der Waals surface area contributed by atoms with Gasteiger partial charge in [0.25, 0.3) is 0 Å². The van der Waals surface area contributed by atoms with Crippen LogP contribution in [0.15, 0.2) is 57.9 Å². The zero-order chi connectivity index (χ0) is 19.4. The number of hydrogen-bond donors (Lipinski definition) is 1. The van der Waals surface area contributed by atoms with Crippen LogP contribution >= 0.6 is 15.9 Å². The third-order valence-electron chi connectivity index (χ3n) is 4.26. The number of anilines is 1. The minimum atomic E-state index is -3.87. The van der Waals surface area contributed by atoms with Crippen LogP contribution in [0, 0.1) is 5.82 Å². The Morgan fingerprint density at radius 2 is 1.78 bits per heavy atom. The highest BCUT2D eigenvalue weighted by atomic mass is 79.9. The molecule has 0 aromatic heterocycles. The van der Waals surface area contributed by atoms with Crippen LogP contribution in [-0.2, 0) is 14.8 Å². The maximum atomic E-state index is 13.9. The van der Waals surface area contributed by atoms with E-state index >= 15 is 0 Å². The topological polar surface area (TPSA) is 69.7 Å². The van der Waals surface area contributed by atoms with Crippen molar-refractivity contribution in [1.82, 2.24) is 9.21 Å². The Kier molecular flexibility index (Phi) is 6.25. The van der Waals surface area contributed by atoms with Gasteiger partial charge in [0.05, 0.1) is 6.54 Å². The average Bonchev–Trinajstić information content (AvgIpc) is 2.62. The van der Waals surface area contributed by atoms with E-state index in [-0.39, 0.29) is 30.4 Å².